The van der Waals surface area contributed by atoms with Crippen molar-refractivity contribution in [2.75, 3.05) is 0 Å². The molecule has 4 bridgehead atoms. The normalized spacial score (nSPS) is 43.8. The molecule has 32 heavy (non-hydrogen) atoms. The Morgan fingerprint density at radius 1 is 0.656 bits per heavy atom. The Kier molecular flexibility index (Phi) is 9.09. The quantitative estimate of drug-likeness (QED) is 0.471. The van der Waals surface area contributed by atoms with Crippen molar-refractivity contribution in [3.63, 3.8) is 0 Å². The first-order valence-corrected chi connectivity index (χ1v) is 13.7. The van der Waals surface area contributed by atoms with Crippen LogP contribution in [0.15, 0.2) is 0 Å². The molecule has 4 nitrogen and oxygen atoms in total. The lowest BCUT2D eigenvalue weighted by Crippen LogP contribution is -2.15. The first kappa shape index (κ1) is 25.6. The number of carboxylic acid groups (broad SMARTS) is 2. The first-order chi connectivity index (χ1) is 15.3. The van der Waals surface area contributed by atoms with E-state index in [0.29, 0.717) is 0 Å². The van der Waals surface area contributed by atoms with Crippen molar-refractivity contribution in [1.82, 2.24) is 0 Å². The summed E-state index contributed by atoms with van der Waals surface area (Å²) in [6.45, 7) is 7.72. The summed E-state index contributed by atoms with van der Waals surface area (Å²) >= 11 is 0. The molecule has 6 fully saturated rings. The van der Waals surface area contributed by atoms with E-state index in [1.165, 1.54) is 55.8 Å². The second-order valence-electron chi connectivity index (χ2n) is 11.8. The molecule has 0 aliphatic heterocycles. The Morgan fingerprint density at radius 3 is 1.25 bits per heavy atom. The highest BCUT2D eigenvalue weighted by Crippen LogP contribution is 2.61. The molecule has 0 spiro atoms. The van der Waals surface area contributed by atoms with E-state index in [9.17, 15) is 4.79 Å². The van der Waals surface area contributed by atoms with Gasteiger partial charge in [0.25, 0.3) is 5.97 Å². The molecule has 6 aliphatic rings. The van der Waals surface area contributed by atoms with Crippen LogP contribution in [0.5, 0.6) is 0 Å². The zero-order valence-corrected chi connectivity index (χ0v) is 21.0. The van der Waals surface area contributed by atoms with Crippen molar-refractivity contribution in [3.8, 4) is 0 Å². The maximum atomic E-state index is 10.9. The minimum absolute atomic E-state index is 0.00148. The summed E-state index contributed by atoms with van der Waals surface area (Å²) in [7, 11) is 0. The maximum absolute atomic E-state index is 10.9. The molecule has 2 N–H and O–H groups in total. The third-order valence-corrected chi connectivity index (χ3v) is 9.80. The van der Waals surface area contributed by atoms with Crippen molar-refractivity contribution < 1.29 is 19.8 Å². The molecule has 8 unspecified atom stereocenters. The topological polar surface area (TPSA) is 74.6 Å². The van der Waals surface area contributed by atoms with Crippen LogP contribution in [-0.2, 0) is 9.59 Å². The Balaban J connectivity index is 0.000000142. The van der Waals surface area contributed by atoms with Gasteiger partial charge in [-0.15, -0.1) is 0 Å². The first-order valence-electron chi connectivity index (χ1n) is 13.7. The molecule has 0 amide bonds. The van der Waals surface area contributed by atoms with Crippen LogP contribution in [0, 0.1) is 59.2 Å². The second kappa shape index (κ2) is 11.4. The summed E-state index contributed by atoms with van der Waals surface area (Å²) in [5, 5.41) is 16.4. The number of rotatable bonds is 2. The van der Waals surface area contributed by atoms with Crippen molar-refractivity contribution in [2.45, 2.75) is 105 Å². The molecule has 0 saturated heterocycles. The highest BCUT2D eigenvalue weighted by Gasteiger charge is 2.53. The Bertz CT molecular complexity index is 591. The molecule has 0 radical (unpaired) electrons. The Hall–Kier alpha value is -1.06. The fraction of sp³-hybridized carbons (Fsp3) is 0.929. The molecule has 6 aliphatic carbocycles. The summed E-state index contributed by atoms with van der Waals surface area (Å²) in [5.41, 5.74) is 0. The van der Waals surface area contributed by atoms with E-state index in [-0.39, 0.29) is 5.92 Å². The van der Waals surface area contributed by atoms with Crippen LogP contribution in [0.1, 0.15) is 105 Å². The van der Waals surface area contributed by atoms with E-state index < -0.39 is 11.9 Å². The van der Waals surface area contributed by atoms with Crippen molar-refractivity contribution in [1.29, 1.82) is 0 Å². The molecule has 6 saturated carbocycles. The molecule has 8 atom stereocenters. The summed E-state index contributed by atoms with van der Waals surface area (Å²) in [5.74, 6) is 7.85. The van der Waals surface area contributed by atoms with E-state index in [1.807, 2.05) is 0 Å². The predicted molar refractivity (Wildman–Crippen MR) is 128 cm³/mol. The van der Waals surface area contributed by atoms with Gasteiger partial charge in [0, 0.05) is 6.92 Å². The Labute approximate surface area is 195 Å². The lowest BCUT2D eigenvalue weighted by Gasteiger charge is -2.23. The van der Waals surface area contributed by atoms with Crippen molar-refractivity contribution in [3.05, 3.63) is 0 Å². The number of hydrogen-bond acceptors (Lipinski definition) is 2. The molecule has 0 aromatic rings. The third kappa shape index (κ3) is 5.70. The van der Waals surface area contributed by atoms with Crippen molar-refractivity contribution >= 4 is 11.9 Å². The van der Waals surface area contributed by atoms with Crippen LogP contribution in [0.3, 0.4) is 0 Å². The molecule has 0 aromatic heterocycles. The van der Waals surface area contributed by atoms with E-state index >= 15 is 0 Å². The lowest BCUT2D eigenvalue weighted by atomic mass is 9.82. The predicted octanol–water partition coefficient (Wildman–Crippen LogP) is 7.12. The van der Waals surface area contributed by atoms with E-state index in [2.05, 4.69) is 20.8 Å². The average molecular weight is 449 g/mol. The number of hydrogen-bond donors (Lipinski definition) is 2. The second-order valence-corrected chi connectivity index (χ2v) is 11.8. The zero-order valence-electron chi connectivity index (χ0n) is 21.0. The largest absolute Gasteiger partial charge is 0.481 e. The van der Waals surface area contributed by atoms with Gasteiger partial charge < -0.3 is 10.2 Å². The van der Waals surface area contributed by atoms with Gasteiger partial charge in [-0.2, -0.15) is 0 Å². The summed E-state index contributed by atoms with van der Waals surface area (Å²) < 4.78 is 0. The van der Waals surface area contributed by atoms with Gasteiger partial charge in [-0.25, -0.2) is 0 Å². The standard InChI is InChI=1S/C12H20.C11H16O2.C3H8.C2H4O2/c1-2-8-5-11-9-3-4-10(7-9)12(11)6-8;12-11(13)8-4-9-6-1-2-7(3-6)10(9)5-8;1-3-2;1-2(3)4/h8-12H,2-7H2,1H3;6-10H,1-5H2,(H,12,13);3H2,1-2H3;1H3,(H,3,4). The SMILES string of the molecule is CC(=O)O.CCC.CCC1CC2C3CCC(C3)C2C1.O=C(O)C1CC2C3CCC(C3)C2C1. The molecule has 6 rings (SSSR count). The molecule has 4 heteroatoms. The molecular formula is C28H48O4. The van der Waals surface area contributed by atoms with Crippen LogP contribution in [0.4, 0.5) is 0 Å². The van der Waals surface area contributed by atoms with E-state index in [1.54, 1.807) is 32.1 Å². The fourth-order valence-corrected chi connectivity index (χ4v) is 8.68. The van der Waals surface area contributed by atoms with Gasteiger partial charge in [-0.05, 0) is 117 Å². The molecule has 184 valence electrons. The lowest BCUT2D eigenvalue weighted by molar-refractivity contribution is -0.141. The zero-order chi connectivity index (χ0) is 23.4. The van der Waals surface area contributed by atoms with Crippen LogP contribution >= 0.6 is 0 Å². The van der Waals surface area contributed by atoms with Gasteiger partial charge in [-0.3, -0.25) is 9.59 Å². The van der Waals surface area contributed by atoms with Gasteiger partial charge in [0.15, 0.2) is 0 Å². The minimum atomic E-state index is -0.833. The van der Waals surface area contributed by atoms with Crippen LogP contribution in [-0.4, -0.2) is 22.2 Å². The van der Waals surface area contributed by atoms with Gasteiger partial charge in [0.1, 0.15) is 0 Å². The maximum Gasteiger partial charge on any atom is 0.306 e. The van der Waals surface area contributed by atoms with Gasteiger partial charge in [0.05, 0.1) is 5.92 Å². The highest BCUT2D eigenvalue weighted by molar-refractivity contribution is 5.70. The van der Waals surface area contributed by atoms with Crippen LogP contribution in [0.2, 0.25) is 0 Å². The fourth-order valence-electron chi connectivity index (χ4n) is 8.68. The van der Waals surface area contributed by atoms with Crippen LogP contribution < -0.4 is 0 Å². The summed E-state index contributed by atoms with van der Waals surface area (Å²) in [6, 6.07) is 0. The van der Waals surface area contributed by atoms with E-state index in [4.69, 9.17) is 15.0 Å². The third-order valence-electron chi connectivity index (χ3n) is 9.80. The van der Waals surface area contributed by atoms with Crippen LogP contribution in [0.25, 0.3) is 0 Å². The van der Waals surface area contributed by atoms with Gasteiger partial charge in [-0.1, -0.05) is 33.6 Å². The van der Waals surface area contributed by atoms with Crippen molar-refractivity contribution in [2.24, 2.45) is 59.2 Å². The minimum Gasteiger partial charge on any atom is -0.481 e. The summed E-state index contributed by atoms with van der Waals surface area (Å²) in [4.78, 5) is 19.9. The number of fused-ring (bicyclic) bond motifs is 10. The number of carboxylic acids is 2. The number of carbonyl (C=O) groups is 2. The molecule has 0 aromatic carbocycles. The average Bonchev–Trinajstić information content (AvgIpc) is 3.56. The van der Waals surface area contributed by atoms with E-state index in [0.717, 1.165) is 49.4 Å². The smallest absolute Gasteiger partial charge is 0.306 e. The highest BCUT2D eigenvalue weighted by atomic mass is 16.4. The molecular weight excluding hydrogens is 400 g/mol. The van der Waals surface area contributed by atoms with Gasteiger partial charge in [0.2, 0.25) is 0 Å². The van der Waals surface area contributed by atoms with Gasteiger partial charge >= 0.3 is 5.97 Å². The monoisotopic (exact) mass is 448 g/mol. The Morgan fingerprint density at radius 2 is 0.969 bits per heavy atom. The summed E-state index contributed by atoms with van der Waals surface area (Å²) in [6.07, 6.45) is 16.9. The number of aliphatic carboxylic acids is 2. The molecule has 0 heterocycles.